The summed E-state index contributed by atoms with van der Waals surface area (Å²) in [4.78, 5) is 30.4. The monoisotopic (exact) mass is 321 g/mol. The Morgan fingerprint density at radius 3 is 2.38 bits per heavy atom. The van der Waals surface area contributed by atoms with Gasteiger partial charge in [-0.1, -0.05) is 35.9 Å². The van der Waals surface area contributed by atoms with Crippen LogP contribution < -0.4 is 11.2 Å². The summed E-state index contributed by atoms with van der Waals surface area (Å²) in [7, 11) is 0. The van der Waals surface area contributed by atoms with Crippen molar-refractivity contribution in [2.24, 2.45) is 4.99 Å². The predicted octanol–water partition coefficient (Wildman–Crippen LogP) is 2.29. The second kappa shape index (κ2) is 6.37. The number of H-pyrrole nitrogens is 1. The van der Waals surface area contributed by atoms with Gasteiger partial charge in [-0.15, -0.1) is 0 Å². The standard InChI is InChI=1S/C18H15N3O3/c1-12-7-9-14(10-8-12)21-17(23)15(16(22)20-18(21)24)11-19-13-5-3-2-4-6-13/h2-11,23H,1H3,(H,20,22,24). The summed E-state index contributed by atoms with van der Waals surface area (Å²) >= 11 is 0. The number of aryl methyl sites for hydroxylation is 1. The lowest BCUT2D eigenvalue weighted by atomic mass is 10.2. The van der Waals surface area contributed by atoms with Crippen molar-refractivity contribution < 1.29 is 5.11 Å². The van der Waals surface area contributed by atoms with Crippen LogP contribution in [0.1, 0.15) is 11.1 Å². The molecular weight excluding hydrogens is 306 g/mol. The van der Waals surface area contributed by atoms with Gasteiger partial charge in [-0.05, 0) is 31.2 Å². The molecule has 2 aromatic carbocycles. The zero-order chi connectivity index (χ0) is 17.1. The Morgan fingerprint density at radius 1 is 1.04 bits per heavy atom. The molecule has 120 valence electrons. The third-order valence-electron chi connectivity index (χ3n) is 3.51. The molecule has 0 amide bonds. The molecule has 1 heterocycles. The number of para-hydroxylation sites is 1. The van der Waals surface area contributed by atoms with E-state index in [1.54, 1.807) is 24.3 Å². The van der Waals surface area contributed by atoms with Gasteiger partial charge in [0.05, 0.1) is 11.4 Å². The third kappa shape index (κ3) is 3.03. The van der Waals surface area contributed by atoms with E-state index in [1.807, 2.05) is 37.3 Å². The van der Waals surface area contributed by atoms with Gasteiger partial charge in [0, 0.05) is 6.21 Å². The molecule has 0 atom stereocenters. The quantitative estimate of drug-likeness (QED) is 0.726. The molecule has 0 saturated heterocycles. The second-order valence-electron chi connectivity index (χ2n) is 5.26. The normalized spacial score (nSPS) is 11.0. The van der Waals surface area contributed by atoms with E-state index in [1.165, 1.54) is 6.21 Å². The molecule has 0 unspecified atom stereocenters. The summed E-state index contributed by atoms with van der Waals surface area (Å²) in [5, 5.41) is 10.4. The van der Waals surface area contributed by atoms with E-state index in [0.717, 1.165) is 10.1 Å². The molecule has 6 heteroatoms. The van der Waals surface area contributed by atoms with E-state index in [0.29, 0.717) is 11.4 Å². The van der Waals surface area contributed by atoms with Crippen molar-refractivity contribution in [3.63, 3.8) is 0 Å². The van der Waals surface area contributed by atoms with Gasteiger partial charge in [0.15, 0.2) is 0 Å². The van der Waals surface area contributed by atoms with Crippen molar-refractivity contribution in [2.75, 3.05) is 0 Å². The van der Waals surface area contributed by atoms with E-state index >= 15 is 0 Å². The highest BCUT2D eigenvalue weighted by molar-refractivity contribution is 5.84. The lowest BCUT2D eigenvalue weighted by Gasteiger charge is -2.09. The van der Waals surface area contributed by atoms with Crippen LogP contribution in [0.25, 0.3) is 5.69 Å². The van der Waals surface area contributed by atoms with Crippen LogP contribution >= 0.6 is 0 Å². The minimum Gasteiger partial charge on any atom is -0.493 e. The average molecular weight is 321 g/mol. The number of aromatic hydroxyl groups is 1. The topological polar surface area (TPSA) is 87.4 Å². The number of nitrogens with zero attached hydrogens (tertiary/aromatic N) is 2. The van der Waals surface area contributed by atoms with Crippen LogP contribution in [0.4, 0.5) is 5.69 Å². The van der Waals surface area contributed by atoms with Crippen molar-refractivity contribution in [2.45, 2.75) is 6.92 Å². The van der Waals surface area contributed by atoms with Crippen LogP contribution in [-0.4, -0.2) is 20.9 Å². The van der Waals surface area contributed by atoms with Crippen molar-refractivity contribution in [3.05, 3.63) is 86.6 Å². The highest BCUT2D eigenvalue weighted by atomic mass is 16.3. The minimum atomic E-state index is -0.710. The molecule has 0 aliphatic carbocycles. The summed E-state index contributed by atoms with van der Waals surface area (Å²) in [6.07, 6.45) is 1.24. The Labute approximate surface area is 137 Å². The second-order valence-corrected chi connectivity index (χ2v) is 5.26. The molecule has 0 spiro atoms. The molecular formula is C18H15N3O3. The van der Waals surface area contributed by atoms with E-state index in [4.69, 9.17) is 0 Å². The third-order valence-corrected chi connectivity index (χ3v) is 3.51. The Balaban J connectivity index is 2.13. The van der Waals surface area contributed by atoms with Crippen LogP contribution in [0.3, 0.4) is 0 Å². The maximum absolute atomic E-state index is 12.1. The van der Waals surface area contributed by atoms with Crippen LogP contribution in [0.15, 0.2) is 69.2 Å². The van der Waals surface area contributed by atoms with Crippen molar-refractivity contribution in [3.8, 4) is 11.6 Å². The lowest BCUT2D eigenvalue weighted by Crippen LogP contribution is -2.31. The van der Waals surface area contributed by atoms with Crippen LogP contribution in [0.2, 0.25) is 0 Å². The SMILES string of the molecule is Cc1ccc(-n2c(O)c(C=Nc3ccccc3)c(=O)[nH]c2=O)cc1. The van der Waals surface area contributed by atoms with Crippen LogP contribution in [0, 0.1) is 6.92 Å². The highest BCUT2D eigenvalue weighted by Crippen LogP contribution is 2.17. The largest absolute Gasteiger partial charge is 0.493 e. The molecule has 2 N–H and O–H groups in total. The van der Waals surface area contributed by atoms with Crippen molar-refractivity contribution in [1.82, 2.24) is 9.55 Å². The molecule has 0 bridgehead atoms. The van der Waals surface area contributed by atoms with Crippen molar-refractivity contribution in [1.29, 1.82) is 0 Å². The van der Waals surface area contributed by atoms with Gasteiger partial charge < -0.3 is 5.11 Å². The van der Waals surface area contributed by atoms with Gasteiger partial charge in [-0.2, -0.15) is 0 Å². The number of hydrogen-bond acceptors (Lipinski definition) is 4. The summed E-state index contributed by atoms with van der Waals surface area (Å²) in [6, 6.07) is 16.0. The summed E-state index contributed by atoms with van der Waals surface area (Å²) in [5.74, 6) is -0.452. The number of aromatic amines is 1. The summed E-state index contributed by atoms with van der Waals surface area (Å²) < 4.78 is 1.03. The van der Waals surface area contributed by atoms with Gasteiger partial charge in [0.2, 0.25) is 5.88 Å². The zero-order valence-electron chi connectivity index (χ0n) is 12.9. The van der Waals surface area contributed by atoms with Gasteiger partial charge in [-0.25, -0.2) is 9.36 Å². The first-order valence-electron chi connectivity index (χ1n) is 7.31. The van der Waals surface area contributed by atoms with E-state index in [2.05, 4.69) is 9.98 Å². The molecule has 3 aromatic rings. The van der Waals surface area contributed by atoms with Gasteiger partial charge >= 0.3 is 5.69 Å². The molecule has 0 radical (unpaired) electrons. The molecule has 6 nitrogen and oxygen atoms in total. The molecule has 0 saturated carbocycles. The smallest absolute Gasteiger partial charge is 0.335 e. The summed E-state index contributed by atoms with van der Waals surface area (Å²) in [5.41, 5.74) is 0.609. The molecule has 1 aromatic heterocycles. The number of hydrogen-bond donors (Lipinski definition) is 2. The van der Waals surface area contributed by atoms with E-state index in [9.17, 15) is 14.7 Å². The van der Waals surface area contributed by atoms with E-state index in [-0.39, 0.29) is 5.56 Å². The maximum Gasteiger partial charge on any atom is 0.335 e. The van der Waals surface area contributed by atoms with Gasteiger partial charge in [0.1, 0.15) is 5.56 Å². The highest BCUT2D eigenvalue weighted by Gasteiger charge is 2.14. The van der Waals surface area contributed by atoms with Gasteiger partial charge in [-0.3, -0.25) is 14.8 Å². The fourth-order valence-electron chi connectivity index (χ4n) is 2.24. The Bertz CT molecular complexity index is 1000. The zero-order valence-corrected chi connectivity index (χ0v) is 12.9. The summed E-state index contributed by atoms with van der Waals surface area (Å²) in [6.45, 7) is 1.91. The number of benzene rings is 2. The first-order valence-corrected chi connectivity index (χ1v) is 7.31. The Hall–Kier alpha value is -3.41. The average Bonchev–Trinajstić information content (AvgIpc) is 2.57. The first-order chi connectivity index (χ1) is 11.6. The maximum atomic E-state index is 12.1. The number of nitrogens with one attached hydrogen (secondary N) is 1. The van der Waals surface area contributed by atoms with Crippen LogP contribution in [-0.2, 0) is 0 Å². The fraction of sp³-hybridized carbons (Fsp3) is 0.0556. The minimum absolute atomic E-state index is 0.0842. The lowest BCUT2D eigenvalue weighted by molar-refractivity contribution is 0.430. The molecule has 3 rings (SSSR count). The Morgan fingerprint density at radius 2 is 1.71 bits per heavy atom. The van der Waals surface area contributed by atoms with Gasteiger partial charge in [0.25, 0.3) is 5.56 Å². The fourth-order valence-corrected chi connectivity index (χ4v) is 2.24. The Kier molecular flexibility index (Phi) is 4.11. The molecule has 0 aliphatic rings. The van der Waals surface area contributed by atoms with Crippen LogP contribution in [0.5, 0.6) is 5.88 Å². The van der Waals surface area contributed by atoms with Crippen molar-refractivity contribution >= 4 is 11.9 Å². The number of rotatable bonds is 3. The molecule has 0 fully saturated rings. The molecule has 24 heavy (non-hydrogen) atoms. The number of aliphatic imine (C=N–C) groups is 1. The molecule has 0 aliphatic heterocycles. The van der Waals surface area contributed by atoms with E-state index < -0.39 is 17.1 Å². The first kappa shape index (κ1) is 15.5. The predicted molar refractivity (Wildman–Crippen MR) is 92.8 cm³/mol. The number of aromatic nitrogens is 2.